The number of aldehydes is 1. The summed E-state index contributed by atoms with van der Waals surface area (Å²) >= 11 is 0. The number of amides is 1. The Morgan fingerprint density at radius 2 is 1.71 bits per heavy atom. The number of phenols is 1. The van der Waals surface area contributed by atoms with Gasteiger partial charge in [0.15, 0.2) is 6.29 Å². The smallest absolute Gasteiger partial charge is 0.417 e. The van der Waals surface area contributed by atoms with Crippen molar-refractivity contribution in [3.05, 3.63) is 82.4 Å². The molecule has 1 amide bonds. The molecular weight excluding hydrogens is 467 g/mol. The van der Waals surface area contributed by atoms with E-state index in [9.17, 15) is 37.8 Å². The van der Waals surface area contributed by atoms with Gasteiger partial charge in [0.25, 0.3) is 5.91 Å². The van der Waals surface area contributed by atoms with E-state index in [0.29, 0.717) is 0 Å². The fraction of sp³-hybridized carbons (Fsp3) is 0.0417. The van der Waals surface area contributed by atoms with Crippen LogP contribution in [0.3, 0.4) is 0 Å². The first kappa shape index (κ1) is 24.7. The number of carbonyl (C=O) groups excluding carboxylic acids is 2. The van der Waals surface area contributed by atoms with Gasteiger partial charge in [-0.15, -0.1) is 0 Å². The molecule has 35 heavy (non-hydrogen) atoms. The number of nitrogens with one attached hydrogen (secondary N) is 2. The van der Waals surface area contributed by atoms with Crippen LogP contribution in [-0.4, -0.2) is 34.1 Å². The van der Waals surface area contributed by atoms with Crippen LogP contribution >= 0.6 is 0 Å². The number of benzene rings is 3. The first-order chi connectivity index (χ1) is 16.5. The molecule has 0 saturated heterocycles. The average Bonchev–Trinajstić information content (AvgIpc) is 2.82. The molecule has 4 N–H and O–H groups in total. The topological polar surface area (TPSA) is 151 Å². The zero-order valence-corrected chi connectivity index (χ0v) is 17.5. The second-order valence-corrected chi connectivity index (χ2v) is 7.12. The number of phenolic OH excluding ortho intramolecular Hbond substituents is 1. The van der Waals surface area contributed by atoms with Gasteiger partial charge in [-0.2, -0.15) is 18.4 Å². The minimum Gasteiger partial charge on any atom is -0.507 e. The van der Waals surface area contributed by atoms with Crippen LogP contribution in [0.5, 0.6) is 5.75 Å². The van der Waals surface area contributed by atoms with Gasteiger partial charge in [-0.3, -0.25) is 15.0 Å². The normalized spacial score (nSPS) is 10.8. The lowest BCUT2D eigenvalue weighted by atomic mass is 9.92. The van der Waals surface area contributed by atoms with E-state index in [1.165, 1.54) is 12.1 Å². The Labute approximate surface area is 195 Å². The molecular formula is C24H14F3N3O5. The lowest BCUT2D eigenvalue weighted by Gasteiger charge is -2.16. The fourth-order valence-electron chi connectivity index (χ4n) is 3.31. The van der Waals surface area contributed by atoms with Crippen molar-refractivity contribution in [3.63, 3.8) is 0 Å². The van der Waals surface area contributed by atoms with Crippen LogP contribution in [0.2, 0.25) is 0 Å². The molecule has 8 nitrogen and oxygen atoms in total. The van der Waals surface area contributed by atoms with Crippen LogP contribution in [0.4, 0.5) is 18.9 Å². The highest BCUT2D eigenvalue weighted by atomic mass is 19.4. The second kappa shape index (κ2) is 9.48. The number of alkyl halides is 3. The summed E-state index contributed by atoms with van der Waals surface area (Å²) in [4.78, 5) is 35.7. The van der Waals surface area contributed by atoms with Crippen molar-refractivity contribution >= 4 is 29.6 Å². The van der Waals surface area contributed by atoms with Crippen LogP contribution in [-0.2, 0) is 11.0 Å². The maximum atomic E-state index is 13.4. The molecule has 0 saturated carbocycles. The van der Waals surface area contributed by atoms with Crippen molar-refractivity contribution in [2.45, 2.75) is 6.18 Å². The highest BCUT2D eigenvalue weighted by molar-refractivity contribution is 6.48. The molecule has 0 fully saturated rings. The minimum atomic E-state index is -4.75. The van der Waals surface area contributed by atoms with Crippen molar-refractivity contribution < 1.29 is 37.8 Å². The molecule has 3 aromatic rings. The molecule has 0 aliphatic heterocycles. The van der Waals surface area contributed by atoms with E-state index >= 15 is 0 Å². The van der Waals surface area contributed by atoms with Crippen LogP contribution in [0.1, 0.15) is 37.4 Å². The quantitative estimate of drug-likeness (QED) is 0.301. The monoisotopic (exact) mass is 481 g/mol. The Balaban J connectivity index is 2.02. The molecule has 3 rings (SSSR count). The molecule has 0 aliphatic carbocycles. The summed E-state index contributed by atoms with van der Waals surface area (Å²) in [6.45, 7) is 0. The summed E-state index contributed by atoms with van der Waals surface area (Å²) in [5.74, 6) is -3.38. The van der Waals surface area contributed by atoms with Crippen LogP contribution in [0.15, 0.2) is 54.6 Å². The third-order valence-electron chi connectivity index (χ3n) is 4.94. The fourth-order valence-corrected chi connectivity index (χ4v) is 3.31. The number of nitriles is 1. The van der Waals surface area contributed by atoms with Crippen molar-refractivity contribution in [2.24, 2.45) is 0 Å². The van der Waals surface area contributed by atoms with E-state index < -0.39 is 46.2 Å². The Bertz CT molecular complexity index is 1420. The molecule has 0 unspecified atom stereocenters. The zero-order chi connectivity index (χ0) is 25.9. The van der Waals surface area contributed by atoms with Crippen molar-refractivity contribution in [1.29, 1.82) is 10.7 Å². The molecule has 0 heterocycles. The SMILES string of the molecule is N#Cc1ccc(NC(=O)C(=N)c2cc(C=O)c(-c3ccccc3C(F)(F)F)cc2O)c(C(=O)O)c1. The van der Waals surface area contributed by atoms with Gasteiger partial charge in [-0.1, -0.05) is 18.2 Å². The number of nitrogens with zero attached hydrogens (tertiary/aromatic N) is 1. The Morgan fingerprint density at radius 1 is 1.03 bits per heavy atom. The first-order valence-electron chi connectivity index (χ1n) is 9.64. The van der Waals surface area contributed by atoms with E-state index in [4.69, 9.17) is 10.7 Å². The van der Waals surface area contributed by atoms with Gasteiger partial charge < -0.3 is 15.5 Å². The van der Waals surface area contributed by atoms with Gasteiger partial charge in [-0.25, -0.2) is 4.79 Å². The highest BCUT2D eigenvalue weighted by Gasteiger charge is 2.34. The van der Waals surface area contributed by atoms with E-state index in [1.807, 2.05) is 0 Å². The predicted molar refractivity (Wildman–Crippen MR) is 118 cm³/mol. The van der Waals surface area contributed by atoms with Gasteiger partial charge in [0.05, 0.1) is 28.4 Å². The number of anilines is 1. The summed E-state index contributed by atoms with van der Waals surface area (Å²) < 4.78 is 40.3. The van der Waals surface area contributed by atoms with E-state index in [2.05, 4.69) is 5.32 Å². The summed E-state index contributed by atoms with van der Waals surface area (Å²) in [7, 11) is 0. The van der Waals surface area contributed by atoms with E-state index in [0.717, 1.165) is 42.5 Å². The number of aromatic hydroxyl groups is 1. The predicted octanol–water partition coefficient (Wildman–Crippen LogP) is 4.47. The summed E-state index contributed by atoms with van der Waals surface area (Å²) in [5.41, 5.74) is -4.03. The molecule has 0 spiro atoms. The highest BCUT2D eigenvalue weighted by Crippen LogP contribution is 2.39. The number of halogens is 3. The van der Waals surface area contributed by atoms with Gasteiger partial charge in [0.1, 0.15) is 11.5 Å². The Kier molecular flexibility index (Phi) is 6.68. The molecule has 0 aromatic heterocycles. The Morgan fingerprint density at radius 3 is 2.31 bits per heavy atom. The van der Waals surface area contributed by atoms with Crippen LogP contribution in [0, 0.1) is 16.7 Å². The summed E-state index contributed by atoms with van der Waals surface area (Å²) in [6, 6.07) is 11.3. The van der Waals surface area contributed by atoms with E-state index in [-0.39, 0.29) is 34.2 Å². The van der Waals surface area contributed by atoms with Crippen molar-refractivity contribution in [3.8, 4) is 22.9 Å². The van der Waals surface area contributed by atoms with Crippen LogP contribution in [0.25, 0.3) is 11.1 Å². The molecule has 0 aliphatic rings. The van der Waals surface area contributed by atoms with Gasteiger partial charge in [0, 0.05) is 11.1 Å². The van der Waals surface area contributed by atoms with Gasteiger partial charge in [0.2, 0.25) is 0 Å². The Hall–Kier alpha value is -4.98. The molecule has 0 radical (unpaired) electrons. The lowest BCUT2D eigenvalue weighted by molar-refractivity contribution is -0.137. The molecule has 11 heteroatoms. The van der Waals surface area contributed by atoms with Gasteiger partial charge in [-0.05, 0) is 47.5 Å². The van der Waals surface area contributed by atoms with Crippen molar-refractivity contribution in [1.82, 2.24) is 0 Å². The largest absolute Gasteiger partial charge is 0.507 e. The molecule has 0 bridgehead atoms. The summed E-state index contributed by atoms with van der Waals surface area (Å²) in [6.07, 6.45) is -4.53. The molecule has 176 valence electrons. The summed E-state index contributed by atoms with van der Waals surface area (Å²) in [5, 5.41) is 38.9. The number of carbonyl (C=O) groups is 3. The number of carboxylic acid groups (broad SMARTS) is 1. The second-order valence-electron chi connectivity index (χ2n) is 7.12. The molecule has 0 atom stereocenters. The number of hydrogen-bond donors (Lipinski definition) is 4. The standard InChI is InChI=1S/C24H14F3N3O5/c25-24(26,27)18-4-2-1-3-14(18)15-9-20(32)17(8-13(15)11-31)21(29)22(33)30-19-6-5-12(10-28)7-16(19)23(34)35/h1-9,11,29,32H,(H,30,33)(H,34,35). The minimum absolute atomic E-state index is 0.0125. The van der Waals surface area contributed by atoms with E-state index in [1.54, 1.807) is 6.07 Å². The molecule has 3 aromatic carbocycles. The third kappa shape index (κ3) is 5.01. The number of carboxylic acids is 1. The number of hydrogen-bond acceptors (Lipinski definition) is 6. The maximum absolute atomic E-state index is 13.4. The zero-order valence-electron chi connectivity index (χ0n) is 17.5. The van der Waals surface area contributed by atoms with Gasteiger partial charge >= 0.3 is 12.1 Å². The maximum Gasteiger partial charge on any atom is 0.417 e. The lowest BCUT2D eigenvalue weighted by Crippen LogP contribution is -2.24. The number of rotatable bonds is 6. The third-order valence-corrected chi connectivity index (χ3v) is 4.94. The van der Waals surface area contributed by atoms with Crippen LogP contribution < -0.4 is 5.32 Å². The first-order valence-corrected chi connectivity index (χ1v) is 9.64. The van der Waals surface area contributed by atoms with Crippen molar-refractivity contribution in [2.75, 3.05) is 5.32 Å². The number of aromatic carboxylic acids is 1. The average molecular weight is 481 g/mol.